The summed E-state index contributed by atoms with van der Waals surface area (Å²) in [6.45, 7) is 2.11. The third-order valence-electron chi connectivity index (χ3n) is 3.40. The van der Waals surface area contributed by atoms with Crippen molar-refractivity contribution in [1.82, 2.24) is 10.2 Å². The van der Waals surface area contributed by atoms with Crippen LogP contribution in [0, 0.1) is 11.7 Å². The van der Waals surface area contributed by atoms with Crippen molar-refractivity contribution in [3.63, 3.8) is 0 Å². The summed E-state index contributed by atoms with van der Waals surface area (Å²) in [5.41, 5.74) is 0.986. The van der Waals surface area contributed by atoms with E-state index in [9.17, 15) is 9.18 Å². The van der Waals surface area contributed by atoms with E-state index in [1.54, 1.807) is 12.1 Å². The molecule has 1 N–H and O–H groups in total. The SMILES string of the molecule is CNCCC(=O)N(Cc1ccc(F)cc1)CC1CC1. The molecule has 0 saturated heterocycles. The summed E-state index contributed by atoms with van der Waals surface area (Å²) in [5, 5.41) is 3.00. The van der Waals surface area contributed by atoms with E-state index in [-0.39, 0.29) is 11.7 Å². The molecule has 19 heavy (non-hydrogen) atoms. The number of carbonyl (C=O) groups excluding carboxylic acids is 1. The predicted octanol–water partition coefficient (Wildman–Crippen LogP) is 2.17. The van der Waals surface area contributed by atoms with Crippen LogP contribution in [0.1, 0.15) is 24.8 Å². The van der Waals surface area contributed by atoms with Gasteiger partial charge in [0.2, 0.25) is 5.91 Å². The molecule has 1 amide bonds. The summed E-state index contributed by atoms with van der Waals surface area (Å²) in [5.74, 6) is 0.601. The predicted molar refractivity (Wildman–Crippen MR) is 73.1 cm³/mol. The van der Waals surface area contributed by atoms with E-state index < -0.39 is 0 Å². The van der Waals surface area contributed by atoms with E-state index in [4.69, 9.17) is 0 Å². The number of nitrogens with one attached hydrogen (secondary N) is 1. The van der Waals surface area contributed by atoms with Gasteiger partial charge in [0.15, 0.2) is 0 Å². The van der Waals surface area contributed by atoms with E-state index in [2.05, 4.69) is 5.32 Å². The number of carbonyl (C=O) groups is 1. The zero-order valence-corrected chi connectivity index (χ0v) is 11.4. The Morgan fingerprint density at radius 3 is 2.63 bits per heavy atom. The van der Waals surface area contributed by atoms with Gasteiger partial charge >= 0.3 is 0 Å². The number of rotatable bonds is 7. The molecule has 3 nitrogen and oxygen atoms in total. The summed E-state index contributed by atoms with van der Waals surface area (Å²) in [7, 11) is 1.85. The van der Waals surface area contributed by atoms with Crippen molar-refractivity contribution in [2.75, 3.05) is 20.1 Å². The third kappa shape index (κ3) is 4.63. The summed E-state index contributed by atoms with van der Waals surface area (Å²) >= 11 is 0. The van der Waals surface area contributed by atoms with Crippen LogP contribution in [-0.2, 0) is 11.3 Å². The second-order valence-electron chi connectivity index (χ2n) is 5.20. The molecule has 104 valence electrons. The van der Waals surface area contributed by atoms with Crippen molar-refractivity contribution in [2.45, 2.75) is 25.8 Å². The molecule has 0 heterocycles. The maximum atomic E-state index is 12.9. The van der Waals surface area contributed by atoms with Crippen molar-refractivity contribution in [3.05, 3.63) is 35.6 Å². The van der Waals surface area contributed by atoms with Gasteiger partial charge in [0.1, 0.15) is 5.82 Å². The lowest BCUT2D eigenvalue weighted by Crippen LogP contribution is -2.34. The molecule has 1 aromatic rings. The quantitative estimate of drug-likeness (QED) is 0.818. The standard InChI is InChI=1S/C15H21FN2O/c1-17-9-8-15(19)18(10-12-2-3-12)11-13-4-6-14(16)7-5-13/h4-7,12,17H,2-3,8-11H2,1H3. The molecule has 0 aromatic heterocycles. The molecule has 4 heteroatoms. The highest BCUT2D eigenvalue weighted by atomic mass is 19.1. The highest BCUT2D eigenvalue weighted by molar-refractivity contribution is 5.76. The zero-order valence-electron chi connectivity index (χ0n) is 11.4. The first-order valence-electron chi connectivity index (χ1n) is 6.86. The van der Waals surface area contributed by atoms with Crippen LogP contribution in [0.15, 0.2) is 24.3 Å². The Morgan fingerprint density at radius 2 is 2.05 bits per heavy atom. The average Bonchev–Trinajstić information content (AvgIpc) is 3.21. The maximum absolute atomic E-state index is 12.9. The van der Waals surface area contributed by atoms with Crippen molar-refractivity contribution in [3.8, 4) is 0 Å². The van der Waals surface area contributed by atoms with Crippen LogP contribution in [-0.4, -0.2) is 30.9 Å². The monoisotopic (exact) mass is 264 g/mol. The highest BCUT2D eigenvalue weighted by Gasteiger charge is 2.26. The Morgan fingerprint density at radius 1 is 1.37 bits per heavy atom. The van der Waals surface area contributed by atoms with Crippen LogP contribution < -0.4 is 5.32 Å². The van der Waals surface area contributed by atoms with Gasteiger partial charge in [0, 0.05) is 26.1 Å². The van der Waals surface area contributed by atoms with Gasteiger partial charge in [-0.3, -0.25) is 4.79 Å². The van der Waals surface area contributed by atoms with Crippen LogP contribution in [0.2, 0.25) is 0 Å². The molecule has 1 fully saturated rings. The van der Waals surface area contributed by atoms with Crippen LogP contribution >= 0.6 is 0 Å². The Labute approximate surface area is 113 Å². The van der Waals surface area contributed by atoms with Crippen molar-refractivity contribution in [1.29, 1.82) is 0 Å². The Bertz CT molecular complexity index is 415. The molecule has 0 atom stereocenters. The highest BCUT2D eigenvalue weighted by Crippen LogP contribution is 2.30. The van der Waals surface area contributed by atoms with Gasteiger partial charge in [-0.15, -0.1) is 0 Å². The van der Waals surface area contributed by atoms with Crippen LogP contribution in [0.4, 0.5) is 4.39 Å². The molecule has 1 aliphatic carbocycles. The van der Waals surface area contributed by atoms with Crippen LogP contribution in [0.5, 0.6) is 0 Å². The van der Waals surface area contributed by atoms with E-state index in [0.29, 0.717) is 25.4 Å². The van der Waals surface area contributed by atoms with Crippen molar-refractivity contribution >= 4 is 5.91 Å². The Hall–Kier alpha value is -1.42. The summed E-state index contributed by atoms with van der Waals surface area (Å²) in [6.07, 6.45) is 2.96. The largest absolute Gasteiger partial charge is 0.338 e. The van der Waals surface area contributed by atoms with Gasteiger partial charge in [-0.05, 0) is 43.5 Å². The van der Waals surface area contributed by atoms with E-state index in [1.165, 1.54) is 25.0 Å². The number of benzene rings is 1. The van der Waals surface area contributed by atoms with Crippen LogP contribution in [0.3, 0.4) is 0 Å². The first-order chi connectivity index (χ1) is 9.19. The minimum Gasteiger partial charge on any atom is -0.338 e. The van der Waals surface area contributed by atoms with Crippen LogP contribution in [0.25, 0.3) is 0 Å². The minimum atomic E-state index is -0.237. The first kappa shape index (κ1) is 14.0. The third-order valence-corrected chi connectivity index (χ3v) is 3.40. The lowest BCUT2D eigenvalue weighted by atomic mass is 10.2. The van der Waals surface area contributed by atoms with Gasteiger partial charge in [0.05, 0.1) is 0 Å². The van der Waals surface area contributed by atoms with Gasteiger partial charge in [-0.1, -0.05) is 12.1 Å². The molecule has 0 aliphatic heterocycles. The van der Waals surface area contributed by atoms with Gasteiger partial charge < -0.3 is 10.2 Å². The van der Waals surface area contributed by atoms with Crippen molar-refractivity contribution in [2.24, 2.45) is 5.92 Å². The molecule has 2 rings (SSSR count). The fourth-order valence-corrected chi connectivity index (χ4v) is 2.07. The normalized spacial score (nSPS) is 14.4. The fraction of sp³-hybridized carbons (Fsp3) is 0.533. The molecule has 1 saturated carbocycles. The number of nitrogens with zero attached hydrogens (tertiary/aromatic N) is 1. The molecular formula is C15H21FN2O. The summed E-state index contributed by atoms with van der Waals surface area (Å²) in [4.78, 5) is 14.1. The lowest BCUT2D eigenvalue weighted by molar-refractivity contribution is -0.132. The zero-order chi connectivity index (χ0) is 13.7. The molecular weight excluding hydrogens is 243 g/mol. The van der Waals surface area contributed by atoms with E-state index in [0.717, 1.165) is 12.1 Å². The topological polar surface area (TPSA) is 32.3 Å². The molecule has 0 spiro atoms. The number of hydrogen-bond donors (Lipinski definition) is 1. The lowest BCUT2D eigenvalue weighted by Gasteiger charge is -2.23. The first-order valence-corrected chi connectivity index (χ1v) is 6.86. The van der Waals surface area contributed by atoms with Gasteiger partial charge in [-0.25, -0.2) is 4.39 Å². The van der Waals surface area contributed by atoms with Gasteiger partial charge in [0.25, 0.3) is 0 Å². The molecule has 1 aromatic carbocycles. The Balaban J connectivity index is 1.95. The molecule has 1 aliphatic rings. The maximum Gasteiger partial charge on any atom is 0.224 e. The fourth-order valence-electron chi connectivity index (χ4n) is 2.07. The number of halogens is 1. The second kappa shape index (κ2) is 6.66. The summed E-state index contributed by atoms with van der Waals surface area (Å²) in [6, 6.07) is 6.40. The average molecular weight is 264 g/mol. The van der Waals surface area contributed by atoms with Crippen molar-refractivity contribution < 1.29 is 9.18 Å². The molecule has 0 bridgehead atoms. The van der Waals surface area contributed by atoms with E-state index in [1.807, 2.05) is 11.9 Å². The second-order valence-corrected chi connectivity index (χ2v) is 5.20. The van der Waals surface area contributed by atoms with Gasteiger partial charge in [-0.2, -0.15) is 0 Å². The minimum absolute atomic E-state index is 0.172. The Kier molecular flexibility index (Phi) is 4.91. The van der Waals surface area contributed by atoms with E-state index >= 15 is 0 Å². The smallest absolute Gasteiger partial charge is 0.224 e. The summed E-state index contributed by atoms with van der Waals surface area (Å²) < 4.78 is 12.9. The number of hydrogen-bond acceptors (Lipinski definition) is 2. The molecule has 0 unspecified atom stereocenters. The number of amides is 1. The molecule has 0 radical (unpaired) electrons.